The lowest BCUT2D eigenvalue weighted by atomic mass is 10.4. The first-order valence-corrected chi connectivity index (χ1v) is 5.87. The van der Waals surface area contributed by atoms with Gasteiger partial charge in [-0.3, -0.25) is 9.36 Å². The van der Waals surface area contributed by atoms with Gasteiger partial charge in [-0.05, 0) is 0 Å². The van der Waals surface area contributed by atoms with Crippen molar-refractivity contribution in [2.45, 2.75) is 6.54 Å². The number of hydrogen-bond donors (Lipinski definition) is 0. The zero-order chi connectivity index (χ0) is 11.3. The number of hydrogen-bond acceptors (Lipinski definition) is 6. The number of Topliss-reactive ketones (excluding diaryl/α,β-unsaturated/α-hetero) is 1. The average Bonchev–Trinajstić information content (AvgIpc) is 2.70. The lowest BCUT2D eigenvalue weighted by Gasteiger charge is -2.12. The summed E-state index contributed by atoms with van der Waals surface area (Å²) in [6.07, 6.45) is 2.46. The molecule has 7 nitrogen and oxygen atoms in total. The van der Waals surface area contributed by atoms with Gasteiger partial charge in [0, 0.05) is 14.2 Å². The highest BCUT2D eigenvalue weighted by atomic mass is 31.2. The topological polar surface area (TPSA) is 83.3 Å². The second-order valence-corrected chi connectivity index (χ2v) is 5.03. The number of carbonyl (C=O) groups is 1. The van der Waals surface area contributed by atoms with Gasteiger partial charge in [0.1, 0.15) is 25.4 Å². The van der Waals surface area contributed by atoms with Gasteiger partial charge in [-0.1, -0.05) is 0 Å². The van der Waals surface area contributed by atoms with Gasteiger partial charge in [-0.25, -0.2) is 9.67 Å². The predicted molar refractivity (Wildman–Crippen MR) is 51.5 cm³/mol. The fourth-order valence-electron chi connectivity index (χ4n) is 0.965. The summed E-state index contributed by atoms with van der Waals surface area (Å²) in [6.45, 7) is 0.0106. The second-order valence-electron chi connectivity index (χ2n) is 2.77. The van der Waals surface area contributed by atoms with Gasteiger partial charge in [0.25, 0.3) is 0 Å². The number of rotatable bonds is 6. The molecule has 0 spiro atoms. The summed E-state index contributed by atoms with van der Waals surface area (Å²) in [4.78, 5) is 15.1. The van der Waals surface area contributed by atoms with Crippen molar-refractivity contribution < 1.29 is 18.4 Å². The molecule has 0 saturated heterocycles. The highest BCUT2D eigenvalue weighted by Crippen LogP contribution is 2.45. The zero-order valence-electron chi connectivity index (χ0n) is 8.49. The van der Waals surface area contributed by atoms with Crippen LogP contribution in [-0.4, -0.2) is 40.9 Å². The summed E-state index contributed by atoms with van der Waals surface area (Å²) in [5, 5.41) is 3.75. The standard InChI is InChI=1S/C7H12N3O4P/c1-13-15(12,14-2)4-7(11)3-10-6-8-5-9-10/h5-6H,3-4H2,1-2H3. The molecule has 0 unspecified atom stereocenters. The van der Waals surface area contributed by atoms with E-state index in [2.05, 4.69) is 19.1 Å². The Labute approximate surface area is 86.9 Å². The second kappa shape index (κ2) is 5.16. The third-order valence-corrected chi connectivity index (χ3v) is 3.58. The SMILES string of the molecule is COP(=O)(CC(=O)Cn1cncn1)OC. The van der Waals surface area contributed by atoms with Crippen molar-refractivity contribution in [2.75, 3.05) is 20.4 Å². The highest BCUT2D eigenvalue weighted by Gasteiger charge is 2.25. The van der Waals surface area contributed by atoms with Crippen molar-refractivity contribution in [3.63, 3.8) is 0 Å². The Hall–Kier alpha value is -1.04. The van der Waals surface area contributed by atoms with Crippen LogP contribution in [0.1, 0.15) is 0 Å². The maximum absolute atomic E-state index is 11.6. The minimum absolute atomic E-state index is 0.0106. The van der Waals surface area contributed by atoms with Crippen LogP contribution in [0.4, 0.5) is 0 Å². The van der Waals surface area contributed by atoms with Crippen LogP contribution in [0.15, 0.2) is 12.7 Å². The van der Waals surface area contributed by atoms with Crippen LogP contribution in [0.5, 0.6) is 0 Å². The number of carbonyl (C=O) groups excluding carboxylic acids is 1. The Morgan fingerprint density at radius 1 is 1.47 bits per heavy atom. The first-order chi connectivity index (χ1) is 7.09. The molecule has 0 aromatic carbocycles. The molecule has 0 aliphatic heterocycles. The summed E-state index contributed by atoms with van der Waals surface area (Å²) in [5.74, 6) is -0.285. The summed E-state index contributed by atoms with van der Waals surface area (Å²) >= 11 is 0. The third kappa shape index (κ3) is 3.54. The van der Waals surface area contributed by atoms with E-state index in [9.17, 15) is 9.36 Å². The molecule has 0 amide bonds. The molecule has 0 radical (unpaired) electrons. The molecule has 0 aliphatic rings. The van der Waals surface area contributed by atoms with Gasteiger partial charge in [0.15, 0.2) is 5.78 Å². The molecule has 15 heavy (non-hydrogen) atoms. The maximum atomic E-state index is 11.6. The number of nitrogens with zero attached hydrogens (tertiary/aromatic N) is 3. The van der Waals surface area contributed by atoms with Crippen molar-refractivity contribution in [1.29, 1.82) is 0 Å². The smallest absolute Gasteiger partial charge is 0.312 e. The molecule has 0 bridgehead atoms. The molecule has 8 heteroatoms. The van der Waals surface area contributed by atoms with Crippen molar-refractivity contribution >= 4 is 13.4 Å². The molecule has 0 saturated carbocycles. The van der Waals surface area contributed by atoms with Gasteiger partial charge < -0.3 is 9.05 Å². The van der Waals surface area contributed by atoms with E-state index in [4.69, 9.17) is 0 Å². The minimum atomic E-state index is -3.27. The van der Waals surface area contributed by atoms with E-state index in [1.165, 1.54) is 31.6 Å². The molecule has 0 aliphatic carbocycles. The molecular formula is C7H12N3O4P. The molecule has 1 aromatic heterocycles. The Morgan fingerprint density at radius 3 is 2.60 bits per heavy atom. The van der Waals surface area contributed by atoms with Crippen LogP contribution < -0.4 is 0 Å². The van der Waals surface area contributed by atoms with Crippen LogP contribution >= 0.6 is 7.60 Å². The van der Waals surface area contributed by atoms with E-state index < -0.39 is 7.60 Å². The Morgan fingerprint density at radius 2 is 2.13 bits per heavy atom. The van der Waals surface area contributed by atoms with Crippen LogP contribution in [-0.2, 0) is 25.0 Å². The predicted octanol–water partition coefficient (Wildman–Crippen LogP) is 0.333. The third-order valence-electron chi connectivity index (χ3n) is 1.73. The van der Waals surface area contributed by atoms with Gasteiger partial charge in [0.05, 0.1) is 0 Å². The summed E-state index contributed by atoms with van der Waals surface area (Å²) < 4.78 is 22.2. The van der Waals surface area contributed by atoms with E-state index in [0.29, 0.717) is 0 Å². The van der Waals surface area contributed by atoms with E-state index in [1.807, 2.05) is 0 Å². The molecule has 0 N–H and O–H groups in total. The molecule has 0 atom stereocenters. The highest BCUT2D eigenvalue weighted by molar-refractivity contribution is 7.54. The Kier molecular flexibility index (Phi) is 4.14. The lowest BCUT2D eigenvalue weighted by Crippen LogP contribution is -2.15. The zero-order valence-corrected chi connectivity index (χ0v) is 9.39. The van der Waals surface area contributed by atoms with Crippen LogP contribution in [0.3, 0.4) is 0 Å². The van der Waals surface area contributed by atoms with Crippen molar-refractivity contribution in [1.82, 2.24) is 14.8 Å². The van der Waals surface area contributed by atoms with Crippen LogP contribution in [0.2, 0.25) is 0 Å². The average molecular weight is 233 g/mol. The molecule has 1 heterocycles. The fourth-order valence-corrected chi connectivity index (χ4v) is 1.90. The minimum Gasteiger partial charge on any atom is -0.312 e. The lowest BCUT2D eigenvalue weighted by molar-refractivity contribution is -0.117. The summed E-state index contributed by atoms with van der Waals surface area (Å²) in [5.41, 5.74) is 0. The molecule has 84 valence electrons. The van der Waals surface area contributed by atoms with Crippen LogP contribution in [0.25, 0.3) is 0 Å². The fraction of sp³-hybridized carbons (Fsp3) is 0.571. The normalized spacial score (nSPS) is 11.6. The van der Waals surface area contributed by atoms with Crippen molar-refractivity contribution in [3.8, 4) is 0 Å². The molecule has 0 fully saturated rings. The molecular weight excluding hydrogens is 221 g/mol. The Bertz CT molecular complexity index is 356. The number of ketones is 1. The molecule has 1 rings (SSSR count). The summed E-state index contributed by atoms with van der Waals surface area (Å²) in [7, 11) is -0.780. The van der Waals surface area contributed by atoms with Gasteiger partial charge in [-0.2, -0.15) is 5.10 Å². The van der Waals surface area contributed by atoms with Gasteiger partial charge >= 0.3 is 7.60 Å². The van der Waals surface area contributed by atoms with E-state index in [-0.39, 0.29) is 18.5 Å². The van der Waals surface area contributed by atoms with Crippen molar-refractivity contribution in [2.24, 2.45) is 0 Å². The monoisotopic (exact) mass is 233 g/mol. The van der Waals surface area contributed by atoms with Gasteiger partial charge in [-0.15, -0.1) is 0 Å². The van der Waals surface area contributed by atoms with E-state index >= 15 is 0 Å². The van der Waals surface area contributed by atoms with E-state index in [1.54, 1.807) is 0 Å². The first-order valence-electron chi connectivity index (χ1n) is 4.14. The van der Waals surface area contributed by atoms with Crippen LogP contribution in [0, 0.1) is 0 Å². The largest absolute Gasteiger partial charge is 0.337 e. The van der Waals surface area contributed by atoms with Gasteiger partial charge in [0.2, 0.25) is 0 Å². The number of aromatic nitrogens is 3. The Balaban J connectivity index is 2.53. The first kappa shape index (κ1) is 12.0. The molecule has 1 aromatic rings. The maximum Gasteiger partial charge on any atom is 0.337 e. The quantitative estimate of drug-likeness (QED) is 0.658. The van der Waals surface area contributed by atoms with E-state index in [0.717, 1.165) is 0 Å². The summed E-state index contributed by atoms with van der Waals surface area (Å²) in [6, 6.07) is 0. The van der Waals surface area contributed by atoms with Crippen molar-refractivity contribution in [3.05, 3.63) is 12.7 Å².